The molecule has 7 heteroatoms. The molecule has 0 radical (unpaired) electrons. The van der Waals surface area contributed by atoms with Gasteiger partial charge in [0.25, 0.3) is 0 Å². The van der Waals surface area contributed by atoms with Crippen LogP contribution < -0.4 is 10.6 Å². The summed E-state index contributed by atoms with van der Waals surface area (Å²) in [4.78, 5) is 16.1. The molecule has 0 aliphatic carbocycles. The summed E-state index contributed by atoms with van der Waals surface area (Å²) >= 11 is 0. The number of halogens is 1. The largest absolute Gasteiger partial charge is 0.374 e. The highest BCUT2D eigenvalue weighted by atomic mass is 19.1. The quantitative estimate of drug-likeness (QED) is 0.563. The van der Waals surface area contributed by atoms with Gasteiger partial charge in [0.1, 0.15) is 11.5 Å². The van der Waals surface area contributed by atoms with Crippen LogP contribution in [0.5, 0.6) is 0 Å². The van der Waals surface area contributed by atoms with Crippen LogP contribution in [0.1, 0.15) is 36.1 Å². The van der Waals surface area contributed by atoms with Crippen molar-refractivity contribution in [2.24, 2.45) is 0 Å². The zero-order chi connectivity index (χ0) is 18.7. The number of amides is 1. The summed E-state index contributed by atoms with van der Waals surface area (Å²) < 4.78 is 20.1. The van der Waals surface area contributed by atoms with Crippen molar-refractivity contribution in [3.05, 3.63) is 47.0 Å². The van der Waals surface area contributed by atoms with Crippen LogP contribution in [0.25, 0.3) is 11.1 Å². The van der Waals surface area contributed by atoms with Crippen molar-refractivity contribution in [1.29, 1.82) is 5.41 Å². The molecule has 0 spiro atoms. The highest BCUT2D eigenvalue weighted by molar-refractivity contribution is 5.86. The van der Waals surface area contributed by atoms with Gasteiger partial charge in [0.05, 0.1) is 31.9 Å². The zero-order valence-corrected chi connectivity index (χ0v) is 14.8. The smallest absolute Gasteiger partial charge is 0.220 e. The minimum absolute atomic E-state index is 0.0545. The standard InChI is InChI=1S/C19H21FN4O2/c1-3-19(25)24-18-10-26-9-15-13(7-23-8-14(15)18)11-4-16(20)12(6-21)17(5-11)22-2/h4-8,18,21-22H,3,9-10H2,1-2H3,(H,24,25)/p+1. The molecule has 3 rings (SSSR count). The van der Waals surface area contributed by atoms with Crippen molar-refractivity contribution in [1.82, 2.24) is 10.3 Å². The maximum atomic E-state index is 14.4. The first-order valence-corrected chi connectivity index (χ1v) is 8.56. The van der Waals surface area contributed by atoms with Gasteiger partial charge in [0.2, 0.25) is 5.91 Å². The third kappa shape index (κ3) is 3.36. The molecule has 1 aromatic carbocycles. The molecule has 26 heavy (non-hydrogen) atoms. The van der Waals surface area contributed by atoms with Gasteiger partial charge in [-0.25, -0.2) is 4.39 Å². The molecule has 2 aromatic rings. The number of nitrogens with zero attached hydrogens (tertiary/aromatic N) is 1. The second-order valence-electron chi connectivity index (χ2n) is 6.14. The van der Waals surface area contributed by atoms with Gasteiger partial charge >= 0.3 is 0 Å². The number of rotatable bonds is 5. The van der Waals surface area contributed by atoms with E-state index in [9.17, 15) is 9.18 Å². The fourth-order valence-electron chi connectivity index (χ4n) is 3.18. The molecule has 0 bridgehead atoms. The average molecular weight is 357 g/mol. The van der Waals surface area contributed by atoms with E-state index in [-0.39, 0.29) is 17.5 Å². The van der Waals surface area contributed by atoms with Crippen LogP contribution in [0.15, 0.2) is 24.5 Å². The molecule has 0 saturated carbocycles. The molecule has 1 unspecified atom stereocenters. The van der Waals surface area contributed by atoms with Gasteiger partial charge in [-0.2, -0.15) is 0 Å². The van der Waals surface area contributed by atoms with Crippen LogP contribution in [0.3, 0.4) is 0 Å². The number of ether oxygens (including phenoxy) is 1. The Kier molecular flexibility index (Phi) is 5.39. The lowest BCUT2D eigenvalue weighted by Gasteiger charge is -2.28. The summed E-state index contributed by atoms with van der Waals surface area (Å²) in [5.41, 5.74) is 4.16. The Bertz CT molecular complexity index is 854. The van der Waals surface area contributed by atoms with Crippen LogP contribution in [0.4, 0.5) is 10.1 Å². The Labute approximate surface area is 151 Å². The minimum atomic E-state index is -0.448. The van der Waals surface area contributed by atoms with Gasteiger partial charge in [-0.05, 0) is 17.2 Å². The van der Waals surface area contributed by atoms with Gasteiger partial charge in [-0.15, -0.1) is 0 Å². The number of nitrogens with one attached hydrogen (secondary N) is 2. The summed E-state index contributed by atoms with van der Waals surface area (Å²) in [5.74, 6) is -0.503. The van der Waals surface area contributed by atoms with Crippen molar-refractivity contribution < 1.29 is 19.2 Å². The van der Waals surface area contributed by atoms with Crippen LogP contribution >= 0.6 is 0 Å². The second kappa shape index (κ2) is 7.72. The molecule has 4 N–H and O–H groups in total. The molecule has 2 heterocycles. The molecule has 1 aliphatic heterocycles. The monoisotopic (exact) mass is 357 g/mol. The summed E-state index contributed by atoms with van der Waals surface area (Å²) in [6, 6.07) is 3.00. The fraction of sp³-hybridized carbons (Fsp3) is 0.316. The maximum Gasteiger partial charge on any atom is 0.220 e. The number of benzene rings is 1. The molecule has 136 valence electrons. The first-order valence-electron chi connectivity index (χ1n) is 8.56. The molecule has 1 amide bonds. The lowest BCUT2D eigenvalue weighted by atomic mass is 9.92. The second-order valence-corrected chi connectivity index (χ2v) is 6.14. The lowest BCUT2D eigenvalue weighted by molar-refractivity contribution is -0.539. The van der Waals surface area contributed by atoms with Gasteiger partial charge < -0.3 is 20.8 Å². The summed E-state index contributed by atoms with van der Waals surface area (Å²) in [5, 5.41) is 12.1. The van der Waals surface area contributed by atoms with Crippen LogP contribution in [0, 0.1) is 11.2 Å². The highest BCUT2D eigenvalue weighted by Gasteiger charge is 2.25. The Hall–Kier alpha value is -2.64. The van der Waals surface area contributed by atoms with E-state index in [0.717, 1.165) is 22.9 Å². The third-order valence-corrected chi connectivity index (χ3v) is 4.58. The number of pyridine rings is 1. The summed E-state index contributed by atoms with van der Waals surface area (Å²) in [6.45, 7) is 2.56. The van der Waals surface area contributed by atoms with E-state index in [1.165, 1.54) is 6.07 Å². The Morgan fingerprint density at radius 1 is 1.50 bits per heavy atom. The van der Waals surface area contributed by atoms with E-state index in [1.807, 2.05) is 13.1 Å². The maximum absolute atomic E-state index is 14.4. The number of hydrogen-bond acceptors (Lipinski definition) is 4. The molecule has 6 nitrogen and oxygen atoms in total. The highest BCUT2D eigenvalue weighted by Crippen LogP contribution is 2.34. The molecule has 0 saturated heterocycles. The first-order chi connectivity index (χ1) is 12.6. The minimum Gasteiger partial charge on any atom is -0.374 e. The van der Waals surface area contributed by atoms with E-state index in [4.69, 9.17) is 10.1 Å². The predicted octanol–water partition coefficient (Wildman–Crippen LogP) is 1.81. The number of aromatic nitrogens is 1. The molecule has 1 atom stereocenters. The predicted molar refractivity (Wildman–Crippen MR) is 95.9 cm³/mol. The lowest BCUT2D eigenvalue weighted by Crippen LogP contribution is -2.73. The van der Waals surface area contributed by atoms with Crippen LogP contribution in [-0.4, -0.2) is 30.8 Å². The van der Waals surface area contributed by atoms with Crippen molar-refractivity contribution in [2.45, 2.75) is 26.0 Å². The van der Waals surface area contributed by atoms with E-state index >= 15 is 0 Å². The zero-order valence-electron chi connectivity index (χ0n) is 14.8. The van der Waals surface area contributed by atoms with Gasteiger partial charge in [0, 0.05) is 42.2 Å². The van der Waals surface area contributed by atoms with E-state index in [0.29, 0.717) is 30.9 Å². The normalized spacial score (nSPS) is 16.0. The van der Waals surface area contributed by atoms with Gasteiger partial charge in [0.15, 0.2) is 0 Å². The number of carbonyl (C=O) groups excluding carboxylic acids is 1. The number of hydrogen-bond donors (Lipinski definition) is 3. The number of carbonyl (C=O) groups is 1. The molecule has 0 fully saturated rings. The first kappa shape index (κ1) is 18.2. The summed E-state index contributed by atoms with van der Waals surface area (Å²) in [6.07, 6.45) is 4.83. The van der Waals surface area contributed by atoms with Crippen molar-refractivity contribution in [3.8, 4) is 11.1 Å². The Balaban J connectivity index is 2.08. The van der Waals surface area contributed by atoms with Gasteiger partial charge in [-0.1, -0.05) is 6.92 Å². The van der Waals surface area contributed by atoms with Crippen LogP contribution in [0.2, 0.25) is 0 Å². The molecular weight excluding hydrogens is 335 g/mol. The number of quaternary nitrogens is 1. The SMILES string of the molecule is CCC(=O)NC1COCc2c(-c3cc(F)c(C=N)c([NH2+]C)c3)cncc21. The summed E-state index contributed by atoms with van der Waals surface area (Å²) in [7, 11) is 1.81. The van der Waals surface area contributed by atoms with E-state index in [1.54, 1.807) is 24.6 Å². The van der Waals surface area contributed by atoms with Crippen molar-refractivity contribution >= 4 is 17.8 Å². The van der Waals surface area contributed by atoms with E-state index in [2.05, 4.69) is 10.3 Å². The number of nitrogens with two attached hydrogens (primary N) is 1. The Morgan fingerprint density at radius 2 is 2.31 bits per heavy atom. The Morgan fingerprint density at radius 3 is 3.00 bits per heavy atom. The van der Waals surface area contributed by atoms with Crippen molar-refractivity contribution in [2.75, 3.05) is 13.7 Å². The number of fused-ring (bicyclic) bond motifs is 1. The van der Waals surface area contributed by atoms with Gasteiger partial charge in [-0.3, -0.25) is 9.78 Å². The fourth-order valence-corrected chi connectivity index (χ4v) is 3.18. The van der Waals surface area contributed by atoms with E-state index < -0.39 is 5.82 Å². The third-order valence-electron chi connectivity index (χ3n) is 4.58. The average Bonchev–Trinajstić information content (AvgIpc) is 2.67. The van der Waals surface area contributed by atoms with Crippen LogP contribution in [-0.2, 0) is 16.1 Å². The van der Waals surface area contributed by atoms with Crippen molar-refractivity contribution in [3.63, 3.8) is 0 Å². The molecule has 1 aromatic heterocycles. The topological polar surface area (TPSA) is 91.7 Å². The molecule has 1 aliphatic rings. The molecular formula is C19H22FN4O2+.